The minimum absolute atomic E-state index is 0.200. The van der Waals surface area contributed by atoms with E-state index in [4.69, 9.17) is 0 Å². The highest BCUT2D eigenvalue weighted by Gasteiger charge is 2.11. The van der Waals surface area contributed by atoms with Gasteiger partial charge in [-0.25, -0.2) is 4.79 Å². The normalized spacial score (nSPS) is 10.9. The predicted octanol–water partition coefficient (Wildman–Crippen LogP) is 0.673. The molecule has 0 fully saturated rings. The third-order valence-electron chi connectivity index (χ3n) is 1.33. The van der Waals surface area contributed by atoms with Crippen LogP contribution in [-0.2, 0) is 14.3 Å². The summed E-state index contributed by atoms with van der Waals surface area (Å²) in [6, 6.07) is 0. The number of carbonyl (C=O) groups excluding carboxylic acids is 2. The fourth-order valence-corrected chi connectivity index (χ4v) is 1.17. The van der Waals surface area contributed by atoms with Crippen molar-refractivity contribution in [3.63, 3.8) is 0 Å². The molecule has 0 aromatic carbocycles. The number of hydrogen-bond acceptors (Lipinski definition) is 7. The Morgan fingerprint density at radius 2 is 2.60 bits per heavy atom. The van der Waals surface area contributed by atoms with Gasteiger partial charge in [-0.15, -0.1) is 0 Å². The molecule has 0 unspecified atom stereocenters. The van der Waals surface area contributed by atoms with Gasteiger partial charge in [-0.3, -0.25) is 10.2 Å². The Morgan fingerprint density at radius 1 is 1.80 bits per heavy atom. The lowest BCUT2D eigenvalue weighted by atomic mass is 10.4. The van der Waals surface area contributed by atoms with Crippen LogP contribution >= 0.6 is 11.5 Å². The van der Waals surface area contributed by atoms with Crippen LogP contribution in [0.5, 0.6) is 0 Å². The van der Waals surface area contributed by atoms with Crippen LogP contribution in [0, 0.1) is 0 Å². The third kappa shape index (κ3) is 3.47. The van der Waals surface area contributed by atoms with Crippen molar-refractivity contribution >= 4 is 35.2 Å². The molecule has 0 aliphatic rings. The smallest absolute Gasteiger partial charge is 0.362 e. The van der Waals surface area contributed by atoms with Gasteiger partial charge in [0.15, 0.2) is 6.29 Å². The van der Waals surface area contributed by atoms with Gasteiger partial charge >= 0.3 is 5.97 Å². The molecule has 0 radical (unpaired) electrons. The average Bonchev–Trinajstić information content (AvgIpc) is 2.72. The predicted molar refractivity (Wildman–Crippen MR) is 55.9 cm³/mol. The van der Waals surface area contributed by atoms with Crippen LogP contribution in [0.15, 0.2) is 16.7 Å². The van der Waals surface area contributed by atoms with E-state index in [0.717, 1.165) is 0 Å². The van der Waals surface area contributed by atoms with Crippen molar-refractivity contribution in [3.8, 4) is 0 Å². The summed E-state index contributed by atoms with van der Waals surface area (Å²) in [6.45, 7) is 1.85. The number of hydrogen-bond donors (Lipinski definition) is 1. The van der Waals surface area contributed by atoms with Crippen molar-refractivity contribution in [2.45, 2.75) is 6.92 Å². The molecular weight excluding hydrogens is 218 g/mol. The van der Waals surface area contributed by atoms with Crippen molar-refractivity contribution in [2.75, 3.05) is 12.0 Å². The molecule has 1 heterocycles. The summed E-state index contributed by atoms with van der Waals surface area (Å²) in [5.74, 6) is -0.747. The standard InChI is InChI=1S/C8H9N3O3S/c1-2-14-8(13)7(4-12)11-10-6-3-9-15-5-6/h3-5,10H,2H2,1H3/b11-7+. The van der Waals surface area contributed by atoms with Gasteiger partial charge in [0, 0.05) is 5.38 Å². The Labute approximate surface area is 90.1 Å². The molecule has 1 N–H and O–H groups in total. The molecule has 0 saturated carbocycles. The zero-order valence-electron chi connectivity index (χ0n) is 7.97. The Kier molecular flexibility index (Phi) is 4.42. The van der Waals surface area contributed by atoms with E-state index in [0.29, 0.717) is 12.0 Å². The highest BCUT2D eigenvalue weighted by atomic mass is 32.1. The van der Waals surface area contributed by atoms with E-state index in [9.17, 15) is 9.59 Å². The molecule has 0 saturated heterocycles. The Hall–Kier alpha value is -1.76. The topological polar surface area (TPSA) is 80.7 Å². The number of aromatic nitrogens is 1. The molecule has 0 aliphatic heterocycles. The molecule has 0 bridgehead atoms. The van der Waals surface area contributed by atoms with Crippen LogP contribution in [0.4, 0.5) is 5.69 Å². The lowest BCUT2D eigenvalue weighted by molar-refractivity contribution is -0.135. The zero-order chi connectivity index (χ0) is 11.1. The van der Waals surface area contributed by atoms with Crippen molar-refractivity contribution < 1.29 is 14.3 Å². The molecule has 7 heteroatoms. The molecule has 6 nitrogen and oxygen atoms in total. The number of ether oxygens (including phenoxy) is 1. The van der Waals surface area contributed by atoms with E-state index in [1.807, 2.05) is 0 Å². The first-order chi connectivity index (χ1) is 7.27. The second-order valence-electron chi connectivity index (χ2n) is 2.36. The number of carbonyl (C=O) groups is 2. The van der Waals surface area contributed by atoms with Gasteiger partial charge in [0.1, 0.15) is 0 Å². The second kappa shape index (κ2) is 5.86. The van der Waals surface area contributed by atoms with Crippen LogP contribution in [0.25, 0.3) is 0 Å². The number of nitrogens with zero attached hydrogens (tertiary/aromatic N) is 2. The molecule has 0 aliphatic carbocycles. The maximum absolute atomic E-state index is 11.1. The SMILES string of the molecule is CCOC(=O)/C(C=O)=N/Nc1cnsc1. The van der Waals surface area contributed by atoms with Crippen molar-refractivity contribution in [2.24, 2.45) is 5.10 Å². The van der Waals surface area contributed by atoms with Crippen LogP contribution in [0.1, 0.15) is 6.92 Å². The molecule has 0 spiro atoms. The Balaban J connectivity index is 2.62. The van der Waals surface area contributed by atoms with Crippen molar-refractivity contribution in [1.82, 2.24) is 4.37 Å². The fourth-order valence-electron chi connectivity index (χ4n) is 0.710. The van der Waals surface area contributed by atoms with Crippen LogP contribution < -0.4 is 5.43 Å². The number of aldehydes is 1. The highest BCUT2D eigenvalue weighted by Crippen LogP contribution is 2.07. The second-order valence-corrected chi connectivity index (χ2v) is 3.02. The van der Waals surface area contributed by atoms with Gasteiger partial charge < -0.3 is 4.74 Å². The molecule has 15 heavy (non-hydrogen) atoms. The quantitative estimate of drug-likeness (QED) is 0.263. The van der Waals surface area contributed by atoms with E-state index in [-0.39, 0.29) is 12.3 Å². The number of anilines is 1. The average molecular weight is 227 g/mol. The van der Waals surface area contributed by atoms with Gasteiger partial charge in [0.05, 0.1) is 18.5 Å². The zero-order valence-corrected chi connectivity index (χ0v) is 8.78. The summed E-state index contributed by atoms with van der Waals surface area (Å²) >= 11 is 1.23. The maximum Gasteiger partial charge on any atom is 0.362 e. The van der Waals surface area contributed by atoms with E-state index < -0.39 is 5.97 Å². The summed E-state index contributed by atoms with van der Waals surface area (Å²) < 4.78 is 8.42. The first kappa shape index (κ1) is 11.3. The molecule has 0 atom stereocenters. The number of esters is 1. The minimum atomic E-state index is -0.747. The van der Waals surface area contributed by atoms with E-state index in [2.05, 4.69) is 19.6 Å². The van der Waals surface area contributed by atoms with Crippen LogP contribution in [-0.4, -0.2) is 28.9 Å². The van der Waals surface area contributed by atoms with Gasteiger partial charge in [0.2, 0.25) is 5.71 Å². The fraction of sp³-hybridized carbons (Fsp3) is 0.250. The molecule has 80 valence electrons. The Morgan fingerprint density at radius 3 is 3.13 bits per heavy atom. The number of rotatable bonds is 5. The maximum atomic E-state index is 11.1. The highest BCUT2D eigenvalue weighted by molar-refractivity contribution is 7.04. The van der Waals surface area contributed by atoms with E-state index >= 15 is 0 Å². The summed E-state index contributed by atoms with van der Waals surface area (Å²) in [6.07, 6.45) is 1.87. The molecule has 1 rings (SSSR count). The van der Waals surface area contributed by atoms with Gasteiger partial charge in [-0.1, -0.05) is 0 Å². The first-order valence-electron chi connectivity index (χ1n) is 4.13. The monoisotopic (exact) mass is 227 g/mol. The summed E-state index contributed by atoms with van der Waals surface area (Å²) in [7, 11) is 0. The van der Waals surface area contributed by atoms with E-state index in [1.54, 1.807) is 12.3 Å². The van der Waals surface area contributed by atoms with Crippen molar-refractivity contribution in [3.05, 3.63) is 11.6 Å². The number of nitrogens with one attached hydrogen (secondary N) is 1. The van der Waals surface area contributed by atoms with Gasteiger partial charge in [-0.05, 0) is 18.5 Å². The summed E-state index contributed by atoms with van der Waals surface area (Å²) in [4.78, 5) is 21.6. The third-order valence-corrected chi connectivity index (χ3v) is 1.92. The first-order valence-corrected chi connectivity index (χ1v) is 4.97. The molecule has 0 amide bonds. The lowest BCUT2D eigenvalue weighted by Crippen LogP contribution is -2.20. The summed E-state index contributed by atoms with van der Waals surface area (Å²) in [5, 5.41) is 5.29. The summed E-state index contributed by atoms with van der Waals surface area (Å²) in [5.41, 5.74) is 2.83. The number of hydrazone groups is 1. The van der Waals surface area contributed by atoms with Gasteiger partial charge in [-0.2, -0.15) is 9.47 Å². The molecular formula is C8H9N3O3S. The van der Waals surface area contributed by atoms with Gasteiger partial charge in [0.25, 0.3) is 0 Å². The Bertz CT molecular complexity index is 361. The van der Waals surface area contributed by atoms with Crippen LogP contribution in [0.2, 0.25) is 0 Å². The minimum Gasteiger partial charge on any atom is -0.461 e. The molecule has 1 aromatic rings. The molecule has 1 aromatic heterocycles. The van der Waals surface area contributed by atoms with Crippen LogP contribution in [0.3, 0.4) is 0 Å². The largest absolute Gasteiger partial charge is 0.461 e. The van der Waals surface area contributed by atoms with Crippen molar-refractivity contribution in [1.29, 1.82) is 0 Å². The van der Waals surface area contributed by atoms with E-state index in [1.165, 1.54) is 17.7 Å². The lowest BCUT2D eigenvalue weighted by Gasteiger charge is -1.99.